The number of nitrogens with zero attached hydrogens (tertiary/aromatic N) is 2. The van der Waals surface area contributed by atoms with E-state index < -0.39 is 53.0 Å². The molecular weight excluding hydrogens is 526 g/mol. The Hall–Kier alpha value is -2.71. The minimum Gasteiger partial charge on any atom is -0.383 e. The number of aliphatic hydroxyl groups is 1. The maximum atomic E-state index is 13.4. The molecule has 3 N–H and O–H groups in total. The zero-order valence-corrected chi connectivity index (χ0v) is 20.1. The van der Waals surface area contributed by atoms with Gasteiger partial charge < -0.3 is 20.6 Å². The van der Waals surface area contributed by atoms with Gasteiger partial charge in [-0.2, -0.15) is 26.3 Å². The number of carbonyl (C=O) groups is 2. The summed E-state index contributed by atoms with van der Waals surface area (Å²) in [6.45, 7) is 0.285. The summed E-state index contributed by atoms with van der Waals surface area (Å²) in [5.41, 5.74) is -5.25. The van der Waals surface area contributed by atoms with Gasteiger partial charge in [-0.25, -0.2) is 4.98 Å². The first-order valence-electron chi connectivity index (χ1n) is 11.5. The van der Waals surface area contributed by atoms with Crippen LogP contribution in [0.2, 0.25) is 0 Å². The molecule has 1 aliphatic heterocycles. The molecule has 2 fully saturated rings. The first-order valence-corrected chi connectivity index (χ1v) is 12.4. The molecule has 2 heterocycles. The van der Waals surface area contributed by atoms with Crippen LogP contribution in [0.15, 0.2) is 29.8 Å². The van der Waals surface area contributed by atoms with Gasteiger partial charge in [-0.3, -0.25) is 9.59 Å². The lowest BCUT2D eigenvalue weighted by atomic mass is 9.81. The summed E-state index contributed by atoms with van der Waals surface area (Å²) in [6, 6.07) is 0.108. The Morgan fingerprint density at radius 2 is 1.78 bits per heavy atom. The van der Waals surface area contributed by atoms with Crippen molar-refractivity contribution in [3.8, 4) is 0 Å². The highest BCUT2D eigenvalue weighted by atomic mass is 32.1. The third kappa shape index (κ3) is 5.91. The molecule has 2 aliphatic rings. The summed E-state index contributed by atoms with van der Waals surface area (Å²) in [6.07, 6.45) is -6.85. The van der Waals surface area contributed by atoms with Gasteiger partial charge in [-0.05, 0) is 43.9 Å². The number of hydrogen-bond acceptors (Lipinski definition) is 6. The molecule has 14 heteroatoms. The van der Waals surface area contributed by atoms with Crippen LogP contribution in [-0.2, 0) is 22.7 Å². The van der Waals surface area contributed by atoms with Gasteiger partial charge in [0, 0.05) is 30.7 Å². The predicted molar refractivity (Wildman–Crippen MR) is 121 cm³/mol. The van der Waals surface area contributed by atoms with Crippen molar-refractivity contribution in [3.63, 3.8) is 0 Å². The van der Waals surface area contributed by atoms with E-state index in [1.54, 1.807) is 16.5 Å². The molecule has 4 rings (SSSR count). The lowest BCUT2D eigenvalue weighted by Gasteiger charge is -2.46. The van der Waals surface area contributed by atoms with Crippen molar-refractivity contribution >= 4 is 23.2 Å². The average molecular weight is 551 g/mol. The van der Waals surface area contributed by atoms with Crippen LogP contribution in [0, 0.1) is 0 Å². The standard InChI is InChI=1S/C23H24F6N4O3S/c24-22(25,26)13-1-2-17(23(27,28)29)16(9-13)19(35)32-12-18(34)33(15-10-30-11-15)14-3-5-21(36,6-4-14)20-31-7-8-37-20/h1-2,7-9,14-15,30,36H,3-6,10-12H2,(H,32,35). The molecule has 0 spiro atoms. The van der Waals surface area contributed by atoms with Crippen LogP contribution in [0.4, 0.5) is 26.3 Å². The van der Waals surface area contributed by atoms with Gasteiger partial charge in [0.2, 0.25) is 5.91 Å². The fraction of sp³-hybridized carbons (Fsp3) is 0.522. The molecule has 2 amide bonds. The van der Waals surface area contributed by atoms with Crippen LogP contribution in [0.25, 0.3) is 0 Å². The molecule has 202 valence electrons. The van der Waals surface area contributed by atoms with E-state index in [0.29, 0.717) is 43.8 Å². The summed E-state index contributed by atoms with van der Waals surface area (Å²) in [4.78, 5) is 31.4. The van der Waals surface area contributed by atoms with Gasteiger partial charge in [0.25, 0.3) is 5.91 Å². The van der Waals surface area contributed by atoms with Gasteiger partial charge in [-0.15, -0.1) is 11.3 Å². The van der Waals surface area contributed by atoms with E-state index in [9.17, 15) is 41.0 Å². The number of amides is 2. The van der Waals surface area contributed by atoms with Gasteiger partial charge in [0.1, 0.15) is 10.6 Å². The molecule has 0 bridgehead atoms. The number of nitrogens with one attached hydrogen (secondary N) is 2. The minimum atomic E-state index is -5.07. The third-order valence-electron chi connectivity index (χ3n) is 6.74. The summed E-state index contributed by atoms with van der Waals surface area (Å²) in [5.74, 6) is -2.00. The maximum Gasteiger partial charge on any atom is 0.417 e. The number of alkyl halides is 6. The number of thiazole rings is 1. The van der Waals surface area contributed by atoms with Crippen molar-refractivity contribution in [2.45, 2.75) is 55.7 Å². The molecule has 1 saturated carbocycles. The Bertz CT molecular complexity index is 1130. The van der Waals surface area contributed by atoms with Crippen molar-refractivity contribution in [1.82, 2.24) is 20.5 Å². The fourth-order valence-electron chi connectivity index (χ4n) is 4.70. The monoisotopic (exact) mass is 550 g/mol. The first-order chi connectivity index (χ1) is 17.3. The smallest absolute Gasteiger partial charge is 0.383 e. The Morgan fingerprint density at radius 3 is 2.30 bits per heavy atom. The zero-order chi connectivity index (χ0) is 27.0. The van der Waals surface area contributed by atoms with Gasteiger partial charge >= 0.3 is 12.4 Å². The number of aromatic nitrogens is 1. The largest absolute Gasteiger partial charge is 0.417 e. The van der Waals surface area contributed by atoms with Gasteiger partial charge in [0.05, 0.1) is 29.3 Å². The lowest BCUT2D eigenvalue weighted by molar-refractivity contribution is -0.141. The topological polar surface area (TPSA) is 94.6 Å². The quantitative estimate of drug-likeness (QED) is 0.479. The molecular formula is C23H24F6N4O3S. The molecule has 37 heavy (non-hydrogen) atoms. The SMILES string of the molecule is O=C(NCC(=O)N(C1CCC(O)(c2nccs2)CC1)C1CNC1)c1cc(C(F)(F)F)ccc1C(F)(F)F. The number of halogens is 6. The molecule has 1 aromatic heterocycles. The summed E-state index contributed by atoms with van der Waals surface area (Å²) < 4.78 is 79.3. The maximum absolute atomic E-state index is 13.4. The van der Waals surface area contributed by atoms with E-state index >= 15 is 0 Å². The Morgan fingerprint density at radius 1 is 1.11 bits per heavy atom. The highest BCUT2D eigenvalue weighted by Gasteiger charge is 2.43. The highest BCUT2D eigenvalue weighted by molar-refractivity contribution is 7.09. The van der Waals surface area contributed by atoms with Crippen molar-refractivity contribution < 1.29 is 41.0 Å². The predicted octanol–water partition coefficient (Wildman–Crippen LogP) is 3.54. The van der Waals surface area contributed by atoms with Crippen molar-refractivity contribution in [2.24, 2.45) is 0 Å². The molecule has 1 aliphatic carbocycles. The summed E-state index contributed by atoms with van der Waals surface area (Å²) in [5, 5.41) is 18.4. The number of benzene rings is 1. The van der Waals surface area contributed by atoms with Crippen LogP contribution >= 0.6 is 11.3 Å². The van der Waals surface area contributed by atoms with Crippen LogP contribution in [0.1, 0.15) is 52.2 Å². The van der Waals surface area contributed by atoms with E-state index in [4.69, 9.17) is 0 Å². The molecule has 1 aromatic carbocycles. The van der Waals surface area contributed by atoms with Crippen molar-refractivity contribution in [2.75, 3.05) is 19.6 Å². The Kier molecular flexibility index (Phi) is 7.55. The van der Waals surface area contributed by atoms with Crippen LogP contribution in [-0.4, -0.2) is 58.5 Å². The number of hydrogen-bond donors (Lipinski definition) is 3. The molecule has 0 radical (unpaired) electrons. The Balaban J connectivity index is 1.46. The molecule has 2 aromatic rings. The average Bonchev–Trinajstić information content (AvgIpc) is 3.35. The van der Waals surface area contributed by atoms with Crippen LogP contribution in [0.5, 0.6) is 0 Å². The molecule has 0 unspecified atom stereocenters. The highest BCUT2D eigenvalue weighted by Crippen LogP contribution is 2.40. The third-order valence-corrected chi connectivity index (χ3v) is 7.71. The number of carbonyl (C=O) groups excluding carboxylic acids is 2. The second-order valence-corrected chi connectivity index (χ2v) is 10.0. The summed E-state index contributed by atoms with van der Waals surface area (Å²) >= 11 is 1.33. The molecule has 7 nitrogen and oxygen atoms in total. The normalized spacial score (nSPS) is 22.8. The Labute approximate surface area is 211 Å². The van der Waals surface area contributed by atoms with Crippen molar-refractivity contribution in [1.29, 1.82) is 0 Å². The minimum absolute atomic E-state index is 0.136. The van der Waals surface area contributed by atoms with Gasteiger partial charge in [-0.1, -0.05) is 0 Å². The van der Waals surface area contributed by atoms with Gasteiger partial charge in [0.15, 0.2) is 0 Å². The first kappa shape index (κ1) is 27.3. The van der Waals surface area contributed by atoms with E-state index in [-0.39, 0.29) is 30.3 Å². The van der Waals surface area contributed by atoms with E-state index in [1.807, 2.05) is 0 Å². The second kappa shape index (κ2) is 10.2. The molecule has 1 saturated heterocycles. The zero-order valence-electron chi connectivity index (χ0n) is 19.3. The van der Waals surface area contributed by atoms with E-state index in [1.165, 1.54) is 11.3 Å². The van der Waals surface area contributed by atoms with Crippen LogP contribution in [0.3, 0.4) is 0 Å². The van der Waals surface area contributed by atoms with E-state index in [2.05, 4.69) is 15.6 Å². The van der Waals surface area contributed by atoms with E-state index in [0.717, 1.165) is 0 Å². The second-order valence-electron chi connectivity index (χ2n) is 9.15. The number of rotatable bonds is 6. The van der Waals surface area contributed by atoms with Crippen molar-refractivity contribution in [3.05, 3.63) is 51.5 Å². The lowest BCUT2D eigenvalue weighted by Crippen LogP contribution is -2.63. The molecule has 0 atom stereocenters. The summed E-state index contributed by atoms with van der Waals surface area (Å²) in [7, 11) is 0. The van der Waals surface area contributed by atoms with Crippen LogP contribution < -0.4 is 10.6 Å². The fourth-order valence-corrected chi connectivity index (χ4v) is 5.49.